The Morgan fingerprint density at radius 3 is 1.27 bits per heavy atom. The highest BCUT2D eigenvalue weighted by molar-refractivity contribution is 8.00. The lowest BCUT2D eigenvalue weighted by Gasteiger charge is -2.38. The summed E-state index contributed by atoms with van der Waals surface area (Å²) in [7, 11) is 3.38. The minimum absolute atomic E-state index is 0. The SMILES string of the molecule is CN[C@@H](C)C(=O)N[C@H]1CCS[C@H]2CC(C)(C)[C@@H](C(=O)N[C@H]3c4ccccc4CC[C@H]3C(=O)NCc3ccc(CNC(=O)[C@@H]4CCc5ccccc5[C@@H]4NC(=O)[C@H]4N5C(=O)[C@@H](NC(=O)[C@H](C)NC)CCS[C@H]5CC4(C)C)cc3)N2C1=O.Cl.Cl. The molecule has 6 aliphatic rings. The van der Waals surface area contributed by atoms with Crippen LogP contribution in [0.5, 0.6) is 0 Å². The van der Waals surface area contributed by atoms with Gasteiger partial charge in [0.05, 0.1) is 46.8 Å². The first-order valence-electron chi connectivity index (χ1n) is 28.4. The molecule has 446 valence electrons. The number of nitrogens with one attached hydrogen (secondary N) is 8. The number of likely N-dealkylation sites (N-methyl/N-ethyl adjacent to an activating group) is 2. The largest absolute Gasteiger partial charge is 0.352 e. The van der Waals surface area contributed by atoms with Gasteiger partial charge in [0.25, 0.3) is 0 Å². The van der Waals surface area contributed by atoms with Gasteiger partial charge in [-0.15, -0.1) is 48.3 Å². The first-order valence-corrected chi connectivity index (χ1v) is 30.5. The number of rotatable bonds is 16. The van der Waals surface area contributed by atoms with Crippen LogP contribution in [0.4, 0.5) is 0 Å². The third kappa shape index (κ3) is 13.6. The van der Waals surface area contributed by atoms with Crippen LogP contribution in [0, 0.1) is 22.7 Å². The third-order valence-corrected chi connectivity index (χ3v) is 20.1. The summed E-state index contributed by atoms with van der Waals surface area (Å²) in [5.41, 5.74) is 4.37. The standard InChI is InChI=1S/C60H80N10O8S2.2ClH/c1-33(61-7)51(71)65-43-25-27-79-45-29-59(3,4)49(69(45)57(43)77)55(75)67-47-39-15-11-9-13-37(39)21-23-41(47)53(73)63-31-35-17-19-36(20-18-35)32-64-54(74)42-24-22-38-14-10-12-16-40(38)48(42)68-56(76)50-60(5,6)30-46-70(50)58(78)44(26-28-80-46)66-52(72)34(2)62-8;;/h9-20,33-34,41-50,61-62H,21-32H2,1-8H3,(H,63,73)(H,64,74)(H,65,71)(H,66,72)(H,67,75)(H,68,76);2*1H/t33-,34-,41+,42+,43-,44-,45-,46-,47-,48-,49+,50+;;/m0../s1. The van der Waals surface area contributed by atoms with Crippen molar-refractivity contribution in [3.63, 3.8) is 0 Å². The molecule has 0 aromatic heterocycles. The van der Waals surface area contributed by atoms with Crippen molar-refractivity contribution in [1.29, 1.82) is 0 Å². The minimum atomic E-state index is -0.826. The second-order valence-electron chi connectivity index (χ2n) is 24.0. The molecule has 0 spiro atoms. The fourth-order valence-electron chi connectivity index (χ4n) is 12.9. The van der Waals surface area contributed by atoms with Crippen molar-refractivity contribution in [2.45, 2.75) is 165 Å². The highest BCUT2D eigenvalue weighted by Gasteiger charge is 2.57. The number of amides is 8. The van der Waals surface area contributed by atoms with Crippen LogP contribution in [0.15, 0.2) is 72.8 Å². The van der Waals surface area contributed by atoms with Crippen molar-refractivity contribution in [3.8, 4) is 0 Å². The normalized spacial score (nSPS) is 27.6. The van der Waals surface area contributed by atoms with Crippen LogP contribution < -0.4 is 42.5 Å². The lowest BCUT2D eigenvalue weighted by Crippen LogP contribution is -2.58. The quantitative estimate of drug-likeness (QED) is 0.0950. The summed E-state index contributed by atoms with van der Waals surface area (Å²) in [6.07, 6.45) is 4.45. The maximum absolute atomic E-state index is 14.8. The van der Waals surface area contributed by atoms with Crippen molar-refractivity contribution in [2.24, 2.45) is 22.7 Å². The van der Waals surface area contributed by atoms with Crippen LogP contribution in [-0.2, 0) is 64.3 Å². The number of halogens is 2. The van der Waals surface area contributed by atoms with Gasteiger partial charge in [-0.2, -0.15) is 0 Å². The summed E-state index contributed by atoms with van der Waals surface area (Å²) in [5.74, 6) is -2.04. The number of hydrogen-bond donors (Lipinski definition) is 8. The van der Waals surface area contributed by atoms with E-state index in [1.165, 1.54) is 0 Å². The number of fused-ring (bicyclic) bond motifs is 4. The molecule has 8 N–H and O–H groups in total. The van der Waals surface area contributed by atoms with Crippen LogP contribution >= 0.6 is 48.3 Å². The molecule has 22 heteroatoms. The molecule has 0 unspecified atom stereocenters. The monoisotopic (exact) mass is 1200 g/mol. The zero-order valence-corrected chi connectivity index (χ0v) is 51.4. The van der Waals surface area contributed by atoms with E-state index in [4.69, 9.17) is 0 Å². The van der Waals surface area contributed by atoms with E-state index >= 15 is 0 Å². The van der Waals surface area contributed by atoms with Crippen molar-refractivity contribution in [2.75, 3.05) is 25.6 Å². The Morgan fingerprint density at radius 2 is 0.902 bits per heavy atom. The number of thioether (sulfide) groups is 2. The van der Waals surface area contributed by atoms with Gasteiger partial charge >= 0.3 is 0 Å². The molecule has 4 saturated heterocycles. The number of aryl methyl sites for hydroxylation is 2. The molecule has 12 atom stereocenters. The minimum Gasteiger partial charge on any atom is -0.352 e. The summed E-state index contributed by atoms with van der Waals surface area (Å²) >= 11 is 3.27. The van der Waals surface area contributed by atoms with Crippen LogP contribution in [0.1, 0.15) is 126 Å². The molecule has 82 heavy (non-hydrogen) atoms. The second kappa shape index (κ2) is 27.1. The molecule has 4 fully saturated rings. The molecule has 9 rings (SSSR count). The van der Waals surface area contributed by atoms with Crippen molar-refractivity contribution in [1.82, 2.24) is 52.3 Å². The van der Waals surface area contributed by atoms with Crippen molar-refractivity contribution in [3.05, 3.63) is 106 Å². The summed E-state index contributed by atoms with van der Waals surface area (Å²) in [6.45, 7) is 11.9. The van der Waals surface area contributed by atoms with Gasteiger partial charge in [0, 0.05) is 13.1 Å². The number of carbonyl (C=O) groups excluding carboxylic acids is 8. The van der Waals surface area contributed by atoms with Crippen molar-refractivity contribution >= 4 is 95.6 Å². The van der Waals surface area contributed by atoms with E-state index in [2.05, 4.69) is 42.5 Å². The van der Waals surface area contributed by atoms with Gasteiger partial charge in [-0.05, 0) is 135 Å². The first kappa shape index (κ1) is 64.2. The fourth-order valence-corrected chi connectivity index (χ4v) is 16.0. The molecule has 2 aliphatic carbocycles. The predicted octanol–water partition coefficient (Wildman–Crippen LogP) is 4.97. The van der Waals surface area contributed by atoms with E-state index in [-0.39, 0.29) is 95.9 Å². The number of benzene rings is 3. The number of hydrogen-bond acceptors (Lipinski definition) is 12. The summed E-state index contributed by atoms with van der Waals surface area (Å²) in [6, 6.07) is 17.9. The Morgan fingerprint density at radius 1 is 0.537 bits per heavy atom. The fraction of sp³-hybridized carbons (Fsp3) is 0.567. The Balaban J connectivity index is 0.00000484. The van der Waals surface area contributed by atoms with Gasteiger partial charge in [-0.25, -0.2) is 0 Å². The van der Waals surface area contributed by atoms with E-state index in [1.807, 2.05) is 100 Å². The molecule has 3 aromatic carbocycles. The summed E-state index contributed by atoms with van der Waals surface area (Å²) in [5, 5.41) is 24.1. The van der Waals surface area contributed by atoms with Crippen LogP contribution in [-0.4, -0.2) is 130 Å². The topological polar surface area (TPSA) is 239 Å². The van der Waals surface area contributed by atoms with Gasteiger partial charge in [0.15, 0.2) is 0 Å². The molecular formula is C60H82Cl2N10O8S2. The zero-order valence-electron chi connectivity index (χ0n) is 48.1. The van der Waals surface area contributed by atoms with Crippen LogP contribution in [0.3, 0.4) is 0 Å². The Labute approximate surface area is 503 Å². The number of carbonyl (C=O) groups is 8. The van der Waals surface area contributed by atoms with Gasteiger partial charge in [0.1, 0.15) is 24.2 Å². The predicted molar refractivity (Wildman–Crippen MR) is 324 cm³/mol. The third-order valence-electron chi connectivity index (χ3n) is 17.6. The van der Waals surface area contributed by atoms with Gasteiger partial charge in [-0.1, -0.05) is 100 Å². The summed E-state index contributed by atoms with van der Waals surface area (Å²) < 4.78 is 0. The molecule has 0 radical (unpaired) electrons. The maximum atomic E-state index is 14.8. The first-order chi connectivity index (χ1) is 38.2. The molecule has 4 aliphatic heterocycles. The Hall–Kier alpha value is -5.38. The zero-order chi connectivity index (χ0) is 57.2. The highest BCUT2D eigenvalue weighted by Crippen LogP contribution is 2.49. The summed E-state index contributed by atoms with van der Waals surface area (Å²) in [4.78, 5) is 116. The van der Waals surface area contributed by atoms with Gasteiger partial charge < -0.3 is 52.3 Å². The molecule has 8 amide bonds. The Bertz CT molecular complexity index is 2670. The molecule has 18 nitrogen and oxygen atoms in total. The molecule has 0 bridgehead atoms. The van der Waals surface area contributed by atoms with Gasteiger partial charge in [-0.3, -0.25) is 38.4 Å². The van der Waals surface area contributed by atoms with Crippen LogP contribution in [0.2, 0.25) is 0 Å². The van der Waals surface area contributed by atoms with E-state index in [9.17, 15) is 38.4 Å². The van der Waals surface area contributed by atoms with E-state index in [0.29, 0.717) is 62.9 Å². The maximum Gasteiger partial charge on any atom is 0.246 e. The lowest BCUT2D eigenvalue weighted by atomic mass is 9.78. The highest BCUT2D eigenvalue weighted by atomic mass is 35.5. The molecule has 0 saturated carbocycles. The molecule has 4 heterocycles. The molecular weight excluding hydrogens is 1120 g/mol. The smallest absolute Gasteiger partial charge is 0.246 e. The number of nitrogens with zero attached hydrogens (tertiary/aromatic N) is 2. The second-order valence-corrected chi connectivity index (χ2v) is 26.5. The average molecular weight is 1210 g/mol. The van der Waals surface area contributed by atoms with E-state index < -0.39 is 71.0 Å². The lowest BCUT2D eigenvalue weighted by molar-refractivity contribution is -0.144. The van der Waals surface area contributed by atoms with Crippen LogP contribution in [0.25, 0.3) is 0 Å². The average Bonchev–Trinajstić information content (AvgIpc) is 4.00. The molecule has 3 aromatic rings. The van der Waals surface area contributed by atoms with E-state index in [1.54, 1.807) is 61.3 Å². The van der Waals surface area contributed by atoms with E-state index in [0.717, 1.165) is 33.4 Å². The van der Waals surface area contributed by atoms with Crippen molar-refractivity contribution < 1.29 is 38.4 Å². The van der Waals surface area contributed by atoms with Gasteiger partial charge in [0.2, 0.25) is 47.3 Å². The Kier molecular flexibility index (Phi) is 21.2.